The first kappa shape index (κ1) is 15.4. The van der Waals surface area contributed by atoms with Crippen molar-refractivity contribution in [3.05, 3.63) is 0 Å². The molecule has 4 heteroatoms. The third kappa shape index (κ3) is 4.58. The molecule has 1 rings (SSSR count). The Kier molecular flexibility index (Phi) is 6.09. The van der Waals surface area contributed by atoms with E-state index in [0.717, 1.165) is 51.6 Å². The van der Waals surface area contributed by atoms with E-state index in [4.69, 9.17) is 5.73 Å². The number of hydrogen-bond acceptors (Lipinski definition) is 3. The topological polar surface area (TPSA) is 58.4 Å². The molecule has 0 radical (unpaired) electrons. The van der Waals surface area contributed by atoms with Crippen molar-refractivity contribution in [1.82, 2.24) is 10.2 Å². The quantitative estimate of drug-likeness (QED) is 0.678. The largest absolute Gasteiger partial charge is 0.355 e. The highest BCUT2D eigenvalue weighted by atomic mass is 16.2. The predicted octanol–water partition coefficient (Wildman–Crippen LogP) is 1.49. The lowest BCUT2D eigenvalue weighted by Crippen LogP contribution is -2.52. The Bertz CT molecular complexity index is 260. The molecule has 0 aliphatic heterocycles. The van der Waals surface area contributed by atoms with E-state index in [-0.39, 0.29) is 5.91 Å². The fraction of sp³-hybridized carbons (Fsp3) is 0.929. The van der Waals surface area contributed by atoms with Crippen molar-refractivity contribution in [2.75, 3.05) is 20.1 Å². The summed E-state index contributed by atoms with van der Waals surface area (Å²) in [5.74, 6) is 0.0530. The van der Waals surface area contributed by atoms with Gasteiger partial charge in [0, 0.05) is 12.6 Å². The van der Waals surface area contributed by atoms with Crippen molar-refractivity contribution in [3.8, 4) is 0 Å². The number of carbonyl (C=O) groups is 1. The Morgan fingerprint density at radius 3 is 2.50 bits per heavy atom. The summed E-state index contributed by atoms with van der Waals surface area (Å²) >= 11 is 0. The first-order valence-electron chi connectivity index (χ1n) is 7.23. The van der Waals surface area contributed by atoms with E-state index < -0.39 is 5.54 Å². The lowest BCUT2D eigenvalue weighted by atomic mass is 9.98. The van der Waals surface area contributed by atoms with E-state index in [1.54, 1.807) is 0 Å². The van der Waals surface area contributed by atoms with Gasteiger partial charge < -0.3 is 16.0 Å². The highest BCUT2D eigenvalue weighted by Crippen LogP contribution is 2.27. The van der Waals surface area contributed by atoms with Gasteiger partial charge in [-0.2, -0.15) is 0 Å². The molecule has 18 heavy (non-hydrogen) atoms. The maximum absolute atomic E-state index is 11.9. The molecule has 0 saturated heterocycles. The molecule has 0 aromatic rings. The van der Waals surface area contributed by atoms with Crippen LogP contribution in [0.1, 0.15) is 52.4 Å². The Morgan fingerprint density at radius 1 is 1.33 bits per heavy atom. The number of hydrogen-bond donors (Lipinski definition) is 2. The molecule has 4 nitrogen and oxygen atoms in total. The van der Waals surface area contributed by atoms with Crippen LogP contribution in [0.15, 0.2) is 0 Å². The van der Waals surface area contributed by atoms with Gasteiger partial charge in [0.1, 0.15) is 0 Å². The Balaban J connectivity index is 2.09. The predicted molar refractivity (Wildman–Crippen MR) is 75.4 cm³/mol. The molecule has 0 unspecified atom stereocenters. The fourth-order valence-electron chi connectivity index (χ4n) is 2.36. The second-order valence-corrected chi connectivity index (χ2v) is 5.90. The Hall–Kier alpha value is -0.610. The van der Waals surface area contributed by atoms with Crippen molar-refractivity contribution in [1.29, 1.82) is 0 Å². The molecule has 1 amide bonds. The molecule has 0 aromatic heterocycles. The Morgan fingerprint density at radius 2 is 1.94 bits per heavy atom. The average Bonchev–Trinajstić information content (AvgIpc) is 2.76. The van der Waals surface area contributed by atoms with Crippen LogP contribution in [0.3, 0.4) is 0 Å². The van der Waals surface area contributed by atoms with Crippen LogP contribution in [0.2, 0.25) is 0 Å². The van der Waals surface area contributed by atoms with Crippen LogP contribution in [0.5, 0.6) is 0 Å². The minimum absolute atomic E-state index is 0.0530. The van der Waals surface area contributed by atoms with Crippen molar-refractivity contribution in [2.45, 2.75) is 64.0 Å². The van der Waals surface area contributed by atoms with Crippen LogP contribution >= 0.6 is 0 Å². The molecule has 0 atom stereocenters. The zero-order valence-corrected chi connectivity index (χ0v) is 12.2. The molecule has 1 aliphatic rings. The summed E-state index contributed by atoms with van der Waals surface area (Å²) < 4.78 is 0. The molecule has 3 N–H and O–H groups in total. The standard InChI is InChI=1S/C14H29N3O/c1-12(2)17(3)11-7-6-10-16-13(18)14(15)8-4-5-9-14/h12H,4-11,15H2,1-3H3,(H,16,18). The maximum Gasteiger partial charge on any atom is 0.240 e. The van der Waals surface area contributed by atoms with Crippen molar-refractivity contribution < 1.29 is 4.79 Å². The number of nitrogens with one attached hydrogen (secondary N) is 1. The third-order valence-corrected chi connectivity index (χ3v) is 4.05. The normalized spacial score (nSPS) is 18.6. The summed E-state index contributed by atoms with van der Waals surface area (Å²) in [6.45, 7) is 6.23. The van der Waals surface area contributed by atoms with E-state index in [0.29, 0.717) is 6.04 Å². The molecule has 1 aliphatic carbocycles. The van der Waals surface area contributed by atoms with Crippen molar-refractivity contribution in [2.24, 2.45) is 5.73 Å². The smallest absolute Gasteiger partial charge is 0.240 e. The maximum atomic E-state index is 11.9. The minimum atomic E-state index is -0.575. The lowest BCUT2D eigenvalue weighted by molar-refractivity contribution is -0.126. The molecule has 106 valence electrons. The van der Waals surface area contributed by atoms with Gasteiger partial charge in [0.15, 0.2) is 0 Å². The van der Waals surface area contributed by atoms with Gasteiger partial charge in [-0.15, -0.1) is 0 Å². The third-order valence-electron chi connectivity index (χ3n) is 4.05. The van der Waals surface area contributed by atoms with Gasteiger partial charge in [0.2, 0.25) is 5.91 Å². The van der Waals surface area contributed by atoms with E-state index in [9.17, 15) is 4.79 Å². The first-order valence-corrected chi connectivity index (χ1v) is 7.23. The summed E-state index contributed by atoms with van der Waals surface area (Å²) in [5.41, 5.74) is 5.51. The zero-order chi connectivity index (χ0) is 13.6. The van der Waals surface area contributed by atoms with Crippen LogP contribution in [-0.4, -0.2) is 42.5 Å². The second-order valence-electron chi connectivity index (χ2n) is 5.90. The van der Waals surface area contributed by atoms with Crippen LogP contribution in [0.25, 0.3) is 0 Å². The lowest BCUT2D eigenvalue weighted by Gasteiger charge is -2.23. The Labute approximate surface area is 111 Å². The van der Waals surface area contributed by atoms with Gasteiger partial charge in [0.05, 0.1) is 5.54 Å². The fourth-order valence-corrected chi connectivity index (χ4v) is 2.36. The van der Waals surface area contributed by atoms with Crippen LogP contribution in [0, 0.1) is 0 Å². The van der Waals surface area contributed by atoms with Gasteiger partial charge in [-0.3, -0.25) is 4.79 Å². The second kappa shape index (κ2) is 7.10. The van der Waals surface area contributed by atoms with Crippen LogP contribution in [-0.2, 0) is 4.79 Å². The monoisotopic (exact) mass is 255 g/mol. The summed E-state index contributed by atoms with van der Waals surface area (Å²) in [6.07, 6.45) is 6.00. The molecule has 1 saturated carbocycles. The minimum Gasteiger partial charge on any atom is -0.355 e. The number of rotatable bonds is 7. The molecule has 0 bridgehead atoms. The molecule has 1 fully saturated rings. The van der Waals surface area contributed by atoms with Crippen molar-refractivity contribution in [3.63, 3.8) is 0 Å². The summed E-state index contributed by atoms with van der Waals surface area (Å²) in [4.78, 5) is 14.2. The SMILES string of the molecule is CC(C)N(C)CCCCNC(=O)C1(N)CCCC1. The van der Waals surface area contributed by atoms with Gasteiger partial charge in [-0.05, 0) is 53.1 Å². The molecule has 0 spiro atoms. The number of nitrogens with two attached hydrogens (primary N) is 1. The van der Waals surface area contributed by atoms with Gasteiger partial charge >= 0.3 is 0 Å². The molecule has 0 aromatic carbocycles. The van der Waals surface area contributed by atoms with Crippen molar-refractivity contribution >= 4 is 5.91 Å². The highest BCUT2D eigenvalue weighted by Gasteiger charge is 2.36. The van der Waals surface area contributed by atoms with Crippen LogP contribution in [0.4, 0.5) is 0 Å². The number of nitrogens with zero attached hydrogens (tertiary/aromatic N) is 1. The number of carbonyl (C=O) groups excluding carboxylic acids is 1. The summed E-state index contributed by atoms with van der Waals surface area (Å²) in [7, 11) is 2.14. The summed E-state index contributed by atoms with van der Waals surface area (Å²) in [6, 6.07) is 0.588. The average molecular weight is 255 g/mol. The van der Waals surface area contributed by atoms with E-state index in [1.807, 2.05) is 0 Å². The highest BCUT2D eigenvalue weighted by molar-refractivity contribution is 5.86. The van der Waals surface area contributed by atoms with E-state index in [2.05, 4.69) is 31.1 Å². The van der Waals surface area contributed by atoms with Crippen LogP contribution < -0.4 is 11.1 Å². The first-order chi connectivity index (χ1) is 8.46. The van der Waals surface area contributed by atoms with E-state index in [1.165, 1.54) is 0 Å². The van der Waals surface area contributed by atoms with E-state index >= 15 is 0 Å². The number of amides is 1. The molecule has 0 heterocycles. The zero-order valence-electron chi connectivity index (χ0n) is 12.2. The molecular weight excluding hydrogens is 226 g/mol. The van der Waals surface area contributed by atoms with Gasteiger partial charge in [-0.25, -0.2) is 0 Å². The number of unbranched alkanes of at least 4 members (excludes halogenated alkanes) is 1. The summed E-state index contributed by atoms with van der Waals surface area (Å²) in [5, 5.41) is 2.99. The molecular formula is C14H29N3O. The van der Waals surface area contributed by atoms with Gasteiger partial charge in [-0.1, -0.05) is 12.8 Å². The van der Waals surface area contributed by atoms with Gasteiger partial charge in [0.25, 0.3) is 0 Å².